The first kappa shape index (κ1) is 27.2. The van der Waals surface area contributed by atoms with Crippen LogP contribution in [0.25, 0.3) is 0 Å². The van der Waals surface area contributed by atoms with Crippen molar-refractivity contribution < 1.29 is 41.4 Å². The lowest BCUT2D eigenvalue weighted by molar-refractivity contribution is -0.123. The molecular weight excluding hydrogens is 566 g/mol. The van der Waals surface area contributed by atoms with Gasteiger partial charge in [-0.05, 0) is 61.4 Å². The number of sulfone groups is 1. The van der Waals surface area contributed by atoms with E-state index in [9.17, 15) is 26.8 Å². The zero-order valence-electron chi connectivity index (χ0n) is 20.4. The molecule has 1 unspecified atom stereocenters. The molecule has 1 aliphatic carbocycles. The van der Waals surface area contributed by atoms with E-state index in [4.69, 9.17) is 14.6 Å². The van der Waals surface area contributed by atoms with Gasteiger partial charge in [0.1, 0.15) is 11.5 Å². The van der Waals surface area contributed by atoms with Gasteiger partial charge >= 0.3 is 5.97 Å². The number of nitrogens with zero attached hydrogens (tertiary/aromatic N) is 1. The number of carboxylic acid groups (broad SMARTS) is 1. The highest BCUT2D eigenvalue weighted by atomic mass is 32.2. The Morgan fingerprint density at radius 2 is 1.65 bits per heavy atom. The van der Waals surface area contributed by atoms with Gasteiger partial charge in [0.2, 0.25) is 11.2 Å². The molecule has 1 aliphatic rings. The lowest BCUT2D eigenvalue weighted by Crippen LogP contribution is -2.25. The fourth-order valence-electron chi connectivity index (χ4n) is 3.68. The number of carbonyl (C=O) groups is 2. The van der Waals surface area contributed by atoms with Crippen LogP contribution in [0.5, 0.6) is 16.6 Å². The third-order valence-corrected chi connectivity index (χ3v) is 8.96. The summed E-state index contributed by atoms with van der Waals surface area (Å²) in [5.41, 5.74) is 0.360. The summed E-state index contributed by atoms with van der Waals surface area (Å²) < 4.78 is 63.7. The molecule has 4 aromatic rings. The molecule has 0 aliphatic heterocycles. The number of aromatic nitrogens is 1. The van der Waals surface area contributed by atoms with Gasteiger partial charge in [0.15, 0.2) is 26.6 Å². The van der Waals surface area contributed by atoms with E-state index in [1.165, 1.54) is 54.7 Å². The number of carbonyl (C=O) groups excluding carboxylic acids is 1. The number of benzene rings is 3. The van der Waals surface area contributed by atoms with Crippen LogP contribution in [0, 0.1) is 11.6 Å². The van der Waals surface area contributed by atoms with Gasteiger partial charge in [0, 0.05) is 11.6 Å². The Hall–Kier alpha value is -4.36. The first-order chi connectivity index (χ1) is 19.1. The molecule has 1 heterocycles. The second-order valence-corrected chi connectivity index (χ2v) is 12.0. The Kier molecular flexibility index (Phi) is 7.50. The summed E-state index contributed by atoms with van der Waals surface area (Å²) in [6.45, 7) is 0. The molecule has 0 radical (unpaired) electrons. The molecule has 1 amide bonds. The first-order valence-electron chi connectivity index (χ1n) is 11.8. The predicted molar refractivity (Wildman–Crippen MR) is 141 cm³/mol. The van der Waals surface area contributed by atoms with Gasteiger partial charge in [-0.15, -0.1) is 0 Å². The van der Waals surface area contributed by atoms with Crippen LogP contribution < -0.4 is 14.8 Å². The number of hydrogen-bond donors (Lipinski definition) is 2. The lowest BCUT2D eigenvalue weighted by Gasteiger charge is -2.19. The quantitative estimate of drug-likeness (QED) is 0.245. The molecule has 1 aromatic heterocycles. The van der Waals surface area contributed by atoms with E-state index in [2.05, 4.69) is 10.3 Å². The number of amides is 1. The number of halogens is 2. The molecule has 5 rings (SSSR count). The molecule has 206 valence electrons. The van der Waals surface area contributed by atoms with Crippen LogP contribution in [0.15, 0.2) is 77.8 Å². The molecule has 1 atom stereocenters. The lowest BCUT2D eigenvalue weighted by atomic mass is 10.1. The van der Waals surface area contributed by atoms with E-state index in [0.717, 1.165) is 29.5 Å². The number of thiazole rings is 1. The van der Waals surface area contributed by atoms with Crippen molar-refractivity contribution in [3.05, 3.63) is 95.7 Å². The van der Waals surface area contributed by atoms with Crippen molar-refractivity contribution in [2.75, 3.05) is 5.32 Å². The van der Waals surface area contributed by atoms with E-state index in [1.807, 2.05) is 0 Å². The first-order valence-corrected chi connectivity index (χ1v) is 14.2. The van der Waals surface area contributed by atoms with Crippen molar-refractivity contribution in [1.29, 1.82) is 0 Å². The van der Waals surface area contributed by atoms with Crippen LogP contribution in [-0.2, 0) is 14.6 Å². The van der Waals surface area contributed by atoms with Crippen molar-refractivity contribution in [3.8, 4) is 16.6 Å². The summed E-state index contributed by atoms with van der Waals surface area (Å²) in [5.74, 6) is -3.81. The average molecular weight is 587 g/mol. The minimum atomic E-state index is -3.46. The second-order valence-electron chi connectivity index (χ2n) is 8.79. The number of carboxylic acids is 1. The molecular formula is C27H20F2N2O7S2. The third kappa shape index (κ3) is 6.10. The van der Waals surface area contributed by atoms with E-state index in [1.54, 1.807) is 0 Å². The van der Waals surface area contributed by atoms with Gasteiger partial charge in [-0.2, -0.15) is 0 Å². The summed E-state index contributed by atoms with van der Waals surface area (Å²) in [6.07, 6.45) is 1.18. The second kappa shape index (κ2) is 11.0. The molecule has 0 saturated heterocycles. The number of hydrogen-bond acceptors (Lipinski definition) is 8. The minimum Gasteiger partial charge on any atom is -0.478 e. The van der Waals surface area contributed by atoms with Gasteiger partial charge in [-0.1, -0.05) is 23.5 Å². The molecule has 1 saturated carbocycles. The van der Waals surface area contributed by atoms with Crippen molar-refractivity contribution in [2.24, 2.45) is 0 Å². The third-order valence-electron chi connectivity index (χ3n) is 5.89. The molecule has 13 heteroatoms. The van der Waals surface area contributed by atoms with E-state index >= 15 is 0 Å². The number of rotatable bonds is 10. The molecule has 0 spiro atoms. The number of anilines is 1. The monoisotopic (exact) mass is 586 g/mol. The molecule has 40 heavy (non-hydrogen) atoms. The Morgan fingerprint density at radius 1 is 0.975 bits per heavy atom. The van der Waals surface area contributed by atoms with Crippen LogP contribution in [0.1, 0.15) is 34.9 Å². The molecule has 2 N–H and O–H groups in total. The Balaban J connectivity index is 1.35. The highest BCUT2D eigenvalue weighted by molar-refractivity contribution is 7.92. The molecule has 9 nitrogen and oxygen atoms in total. The predicted octanol–water partition coefficient (Wildman–Crippen LogP) is 5.61. The average Bonchev–Trinajstić information content (AvgIpc) is 3.71. The van der Waals surface area contributed by atoms with Crippen molar-refractivity contribution in [3.63, 3.8) is 0 Å². The largest absolute Gasteiger partial charge is 0.478 e. The normalized spacial score (nSPS) is 13.8. The topological polar surface area (TPSA) is 132 Å². The van der Waals surface area contributed by atoms with Crippen molar-refractivity contribution in [1.82, 2.24) is 4.98 Å². The zero-order chi connectivity index (χ0) is 28.4. The number of nitrogens with one attached hydrogen (secondary N) is 1. The summed E-state index contributed by atoms with van der Waals surface area (Å²) in [4.78, 5) is 28.5. The SMILES string of the molecule is O=C(O)c1ccc(Oc2cnc(NC(=O)C(Oc3ccc(F)c(F)c3)c3ccc(S(=O)(=O)C4CC4)cc3)s2)cc1. The number of aromatic carboxylic acids is 1. The molecule has 1 fully saturated rings. The van der Waals surface area contributed by atoms with E-state index in [0.29, 0.717) is 23.7 Å². The van der Waals surface area contributed by atoms with Crippen molar-refractivity contribution >= 4 is 38.2 Å². The van der Waals surface area contributed by atoms with Crippen LogP contribution in [-0.4, -0.2) is 35.6 Å². The maximum Gasteiger partial charge on any atom is 0.335 e. The maximum absolute atomic E-state index is 13.8. The van der Waals surface area contributed by atoms with Crippen LogP contribution in [0.2, 0.25) is 0 Å². The smallest absolute Gasteiger partial charge is 0.335 e. The fourth-order valence-corrected chi connectivity index (χ4v) is 6.03. The van der Waals surface area contributed by atoms with E-state index in [-0.39, 0.29) is 26.9 Å². The highest BCUT2D eigenvalue weighted by Gasteiger charge is 2.37. The van der Waals surface area contributed by atoms with Crippen LogP contribution in [0.4, 0.5) is 13.9 Å². The van der Waals surface area contributed by atoms with Crippen molar-refractivity contribution in [2.45, 2.75) is 29.1 Å². The van der Waals surface area contributed by atoms with Gasteiger partial charge in [-0.3, -0.25) is 10.1 Å². The molecule has 3 aromatic carbocycles. The van der Waals surface area contributed by atoms with Gasteiger partial charge in [0.05, 0.1) is 21.9 Å². The summed E-state index contributed by atoms with van der Waals surface area (Å²) >= 11 is 0.980. The summed E-state index contributed by atoms with van der Waals surface area (Å²) in [7, 11) is -3.46. The minimum absolute atomic E-state index is 0.0925. The van der Waals surface area contributed by atoms with Gasteiger partial charge in [-0.25, -0.2) is 27.0 Å². The standard InChI is InChI=1S/C27H20F2N2O7S2/c28-21-12-7-18(13-22(21)29)38-24(15-3-8-19(9-4-15)40(35,36)20-10-11-20)25(32)31-27-30-14-23(39-27)37-17-5-1-16(2-6-17)26(33)34/h1-9,12-14,20,24H,10-11H2,(H,33,34)(H,30,31,32). The fraction of sp³-hybridized carbons (Fsp3) is 0.148. The summed E-state index contributed by atoms with van der Waals surface area (Å²) in [6, 6.07) is 14.1. The summed E-state index contributed by atoms with van der Waals surface area (Å²) in [5, 5.41) is 11.6. The van der Waals surface area contributed by atoms with Crippen LogP contribution >= 0.6 is 11.3 Å². The van der Waals surface area contributed by atoms with Gasteiger partial charge in [0.25, 0.3) is 5.91 Å². The Morgan fingerprint density at radius 3 is 2.27 bits per heavy atom. The zero-order valence-corrected chi connectivity index (χ0v) is 22.0. The maximum atomic E-state index is 13.8. The highest BCUT2D eigenvalue weighted by Crippen LogP contribution is 2.35. The van der Waals surface area contributed by atoms with E-state index < -0.39 is 44.7 Å². The Labute approximate surface area is 230 Å². The van der Waals surface area contributed by atoms with Gasteiger partial charge < -0.3 is 14.6 Å². The Bertz CT molecular complexity index is 1670. The molecule has 0 bridgehead atoms. The van der Waals surface area contributed by atoms with Crippen LogP contribution in [0.3, 0.4) is 0 Å². The number of ether oxygens (including phenoxy) is 2.